The summed E-state index contributed by atoms with van der Waals surface area (Å²) in [6.07, 6.45) is 4.97. The van der Waals surface area contributed by atoms with Crippen molar-refractivity contribution in [2.45, 2.75) is 38.2 Å². The summed E-state index contributed by atoms with van der Waals surface area (Å²) in [4.78, 5) is 15.8. The smallest absolute Gasteiger partial charge is 0.309 e. The molecule has 2 unspecified atom stereocenters. The number of carbonyl (C=O) groups is 1. The summed E-state index contributed by atoms with van der Waals surface area (Å²) in [5.41, 5.74) is 2.31. The van der Waals surface area contributed by atoms with Gasteiger partial charge in [-0.3, -0.25) is 9.78 Å². The van der Waals surface area contributed by atoms with Crippen LogP contribution < -0.4 is 0 Å². The molecule has 0 bridgehead atoms. The lowest BCUT2D eigenvalue weighted by atomic mass is 9.95. The number of aromatic nitrogens is 1. The molecule has 0 aromatic carbocycles. The fourth-order valence-corrected chi connectivity index (χ4v) is 2.87. The van der Waals surface area contributed by atoms with Gasteiger partial charge in [-0.05, 0) is 42.7 Å². The van der Waals surface area contributed by atoms with E-state index in [1.807, 2.05) is 6.07 Å². The van der Waals surface area contributed by atoms with Crippen LogP contribution in [0.3, 0.4) is 0 Å². The molecule has 110 valence electrons. The van der Waals surface area contributed by atoms with Crippen LogP contribution in [0.25, 0.3) is 0 Å². The molecule has 5 nitrogen and oxygen atoms in total. The van der Waals surface area contributed by atoms with Crippen LogP contribution in [0.5, 0.6) is 0 Å². The second kappa shape index (κ2) is 5.12. The van der Waals surface area contributed by atoms with Crippen LogP contribution in [0.4, 0.5) is 0 Å². The van der Waals surface area contributed by atoms with Gasteiger partial charge in [0, 0.05) is 6.20 Å². The first kappa shape index (κ1) is 14.0. The summed E-state index contributed by atoms with van der Waals surface area (Å²) in [6, 6.07) is 4.37. The predicted molar refractivity (Wildman–Crippen MR) is 74.0 cm³/mol. The molecular formula is C16H18N2O3. The van der Waals surface area contributed by atoms with Gasteiger partial charge >= 0.3 is 5.97 Å². The van der Waals surface area contributed by atoms with Gasteiger partial charge in [0.25, 0.3) is 0 Å². The molecule has 0 saturated heterocycles. The third kappa shape index (κ3) is 2.64. The van der Waals surface area contributed by atoms with E-state index in [0.717, 1.165) is 30.4 Å². The Morgan fingerprint density at radius 1 is 1.62 bits per heavy atom. The third-order valence-corrected chi connectivity index (χ3v) is 4.57. The Labute approximate surface area is 123 Å². The minimum atomic E-state index is -0.268. The first-order valence-corrected chi connectivity index (χ1v) is 7.20. The Morgan fingerprint density at radius 2 is 2.38 bits per heavy atom. The van der Waals surface area contributed by atoms with Gasteiger partial charge in [-0.15, -0.1) is 0 Å². The van der Waals surface area contributed by atoms with Crippen LogP contribution in [0.15, 0.2) is 12.3 Å². The number of pyridine rings is 1. The number of aliphatic hydroxyl groups excluding tert-OH is 1. The molecule has 5 heteroatoms. The minimum absolute atomic E-state index is 0.0736. The number of esters is 1. The van der Waals surface area contributed by atoms with Crippen LogP contribution in [-0.2, 0) is 22.6 Å². The van der Waals surface area contributed by atoms with Crippen LogP contribution in [0, 0.1) is 22.7 Å². The van der Waals surface area contributed by atoms with Gasteiger partial charge in [0.2, 0.25) is 0 Å². The molecule has 2 atom stereocenters. The number of ether oxygens (including phenoxy) is 1. The zero-order valence-corrected chi connectivity index (χ0v) is 12.0. The molecule has 0 amide bonds. The summed E-state index contributed by atoms with van der Waals surface area (Å²) in [6.45, 7) is -0.123. The van der Waals surface area contributed by atoms with E-state index in [2.05, 4.69) is 11.1 Å². The number of methoxy groups -OCH3 is 1. The van der Waals surface area contributed by atoms with Gasteiger partial charge in [0.1, 0.15) is 0 Å². The van der Waals surface area contributed by atoms with Crippen molar-refractivity contribution < 1.29 is 14.6 Å². The minimum Gasteiger partial charge on any atom is -0.469 e. The SMILES string of the molecule is COC(=O)C1CC1c1cnc(CO)c(CC2(C#N)CC2)c1. The molecule has 1 heterocycles. The highest BCUT2D eigenvalue weighted by Gasteiger charge is 2.46. The normalized spacial score (nSPS) is 25.0. The average molecular weight is 286 g/mol. The first-order chi connectivity index (χ1) is 10.1. The van der Waals surface area contributed by atoms with Gasteiger partial charge in [-0.25, -0.2) is 0 Å². The van der Waals surface area contributed by atoms with Crippen molar-refractivity contribution in [3.63, 3.8) is 0 Å². The van der Waals surface area contributed by atoms with E-state index in [4.69, 9.17) is 4.74 Å². The van der Waals surface area contributed by atoms with Gasteiger partial charge in [0.15, 0.2) is 0 Å². The highest BCUT2D eigenvalue weighted by atomic mass is 16.5. The average Bonchev–Trinajstić information content (AvgIpc) is 3.41. The second-order valence-corrected chi connectivity index (χ2v) is 6.07. The Kier molecular flexibility index (Phi) is 3.42. The van der Waals surface area contributed by atoms with Crippen molar-refractivity contribution in [2.75, 3.05) is 7.11 Å². The summed E-state index contributed by atoms with van der Waals surface area (Å²) >= 11 is 0. The summed E-state index contributed by atoms with van der Waals surface area (Å²) < 4.78 is 4.77. The molecule has 2 saturated carbocycles. The van der Waals surface area contributed by atoms with Gasteiger partial charge in [-0.1, -0.05) is 6.07 Å². The molecule has 2 aliphatic carbocycles. The van der Waals surface area contributed by atoms with E-state index < -0.39 is 0 Å². The number of rotatable bonds is 5. The van der Waals surface area contributed by atoms with E-state index >= 15 is 0 Å². The van der Waals surface area contributed by atoms with E-state index in [1.54, 1.807) is 6.20 Å². The van der Waals surface area contributed by atoms with E-state index in [0.29, 0.717) is 12.1 Å². The first-order valence-electron chi connectivity index (χ1n) is 7.20. The van der Waals surface area contributed by atoms with Gasteiger partial charge in [-0.2, -0.15) is 5.26 Å². The fourth-order valence-electron chi connectivity index (χ4n) is 2.87. The molecular weight excluding hydrogens is 268 g/mol. The quantitative estimate of drug-likeness (QED) is 0.833. The van der Waals surface area contributed by atoms with E-state index in [9.17, 15) is 15.2 Å². The van der Waals surface area contributed by atoms with Crippen LogP contribution in [-0.4, -0.2) is 23.2 Å². The Balaban J connectivity index is 1.81. The van der Waals surface area contributed by atoms with Gasteiger partial charge in [0.05, 0.1) is 36.8 Å². The lowest BCUT2D eigenvalue weighted by Gasteiger charge is -2.11. The molecule has 21 heavy (non-hydrogen) atoms. The van der Waals surface area contributed by atoms with E-state index in [1.165, 1.54) is 7.11 Å². The van der Waals surface area contributed by atoms with Crippen molar-refractivity contribution in [3.8, 4) is 6.07 Å². The van der Waals surface area contributed by atoms with E-state index in [-0.39, 0.29) is 29.8 Å². The number of aliphatic hydroxyl groups is 1. The van der Waals surface area contributed by atoms with Crippen molar-refractivity contribution in [1.82, 2.24) is 4.98 Å². The maximum Gasteiger partial charge on any atom is 0.309 e. The molecule has 2 fully saturated rings. The van der Waals surface area contributed by atoms with Crippen LogP contribution >= 0.6 is 0 Å². The highest BCUT2D eigenvalue weighted by Crippen LogP contribution is 2.50. The number of nitrogens with zero attached hydrogens (tertiary/aromatic N) is 2. The van der Waals surface area contributed by atoms with Crippen LogP contribution in [0.2, 0.25) is 0 Å². The van der Waals surface area contributed by atoms with Crippen molar-refractivity contribution in [1.29, 1.82) is 5.26 Å². The van der Waals surface area contributed by atoms with Gasteiger partial charge < -0.3 is 9.84 Å². The molecule has 1 aromatic heterocycles. The van der Waals surface area contributed by atoms with Crippen molar-refractivity contribution >= 4 is 5.97 Å². The Bertz CT molecular complexity index is 616. The largest absolute Gasteiger partial charge is 0.469 e. The summed E-state index contributed by atoms with van der Waals surface area (Å²) in [5.74, 6) is -0.0902. The monoisotopic (exact) mass is 286 g/mol. The zero-order chi connectivity index (χ0) is 15.0. The molecule has 2 aliphatic rings. The second-order valence-electron chi connectivity index (χ2n) is 6.07. The standard InChI is InChI=1S/C16H18N2O3/c1-21-15(20)13-5-12(13)11-4-10(14(8-19)18-7-11)6-16(9-17)2-3-16/h4,7,12-13,19H,2-3,5-6,8H2,1H3. The molecule has 0 spiro atoms. The summed E-state index contributed by atoms with van der Waals surface area (Å²) in [5, 5.41) is 18.6. The number of nitriles is 1. The predicted octanol–water partition coefficient (Wildman–Crippen LogP) is 1.70. The molecule has 1 N–H and O–H groups in total. The number of hydrogen-bond donors (Lipinski definition) is 1. The molecule has 1 aromatic rings. The molecule has 3 rings (SSSR count). The Morgan fingerprint density at radius 3 is 2.95 bits per heavy atom. The van der Waals surface area contributed by atoms with Crippen molar-refractivity contribution in [2.24, 2.45) is 11.3 Å². The molecule has 0 aliphatic heterocycles. The number of hydrogen-bond acceptors (Lipinski definition) is 5. The maximum atomic E-state index is 11.5. The highest BCUT2D eigenvalue weighted by molar-refractivity contribution is 5.77. The third-order valence-electron chi connectivity index (χ3n) is 4.57. The lowest BCUT2D eigenvalue weighted by Crippen LogP contribution is -2.08. The maximum absolute atomic E-state index is 11.5. The van der Waals surface area contributed by atoms with Crippen LogP contribution in [0.1, 0.15) is 42.0 Å². The lowest BCUT2D eigenvalue weighted by molar-refractivity contribution is -0.142. The summed E-state index contributed by atoms with van der Waals surface area (Å²) in [7, 11) is 1.40. The molecule has 0 radical (unpaired) electrons. The zero-order valence-electron chi connectivity index (χ0n) is 12.0. The Hall–Kier alpha value is -1.93. The van der Waals surface area contributed by atoms with Crippen molar-refractivity contribution in [3.05, 3.63) is 29.1 Å². The topological polar surface area (TPSA) is 83.2 Å². The number of carbonyl (C=O) groups excluding carboxylic acids is 1. The fraction of sp³-hybridized carbons (Fsp3) is 0.562.